The summed E-state index contributed by atoms with van der Waals surface area (Å²) in [5.41, 5.74) is 3.67. The van der Waals surface area contributed by atoms with Crippen molar-refractivity contribution in [3.8, 4) is 0 Å². The van der Waals surface area contributed by atoms with Gasteiger partial charge in [-0.15, -0.1) is 0 Å². The first-order valence-corrected chi connectivity index (χ1v) is 9.20. The molecule has 0 N–H and O–H groups in total. The summed E-state index contributed by atoms with van der Waals surface area (Å²) in [5.74, 6) is -1.86. The van der Waals surface area contributed by atoms with Crippen LogP contribution in [0.2, 0.25) is 0 Å². The first kappa shape index (κ1) is 15.5. The summed E-state index contributed by atoms with van der Waals surface area (Å²) in [6, 6.07) is 15.4. The Morgan fingerprint density at radius 3 is 2.31 bits per heavy atom. The lowest BCUT2D eigenvalue weighted by Crippen LogP contribution is -2.44. The molecular weight excluding hydrogens is 326 g/mol. The molecule has 2 bridgehead atoms. The fraction of sp³-hybridized carbons (Fsp3) is 0.318. The van der Waals surface area contributed by atoms with Crippen molar-refractivity contribution in [2.75, 3.05) is 4.90 Å². The van der Waals surface area contributed by atoms with E-state index in [1.54, 1.807) is 0 Å². The Labute approximate surface area is 151 Å². The molecule has 26 heavy (non-hydrogen) atoms. The largest absolute Gasteiger partial charge is 0.299 e. The fourth-order valence-corrected chi connectivity index (χ4v) is 5.22. The van der Waals surface area contributed by atoms with Crippen molar-refractivity contribution in [2.24, 2.45) is 11.8 Å². The van der Waals surface area contributed by atoms with Gasteiger partial charge in [-0.1, -0.05) is 49.4 Å². The Kier molecular flexibility index (Phi) is 3.20. The van der Waals surface area contributed by atoms with Gasteiger partial charge in [-0.05, 0) is 29.2 Å². The number of aryl methyl sites for hydroxylation is 1. The lowest BCUT2D eigenvalue weighted by atomic mass is 9.56. The zero-order valence-electron chi connectivity index (χ0n) is 14.5. The molecule has 4 atom stereocenters. The molecule has 2 fully saturated rings. The fourth-order valence-electron chi connectivity index (χ4n) is 5.22. The van der Waals surface area contributed by atoms with Gasteiger partial charge in [0.05, 0.1) is 23.4 Å². The summed E-state index contributed by atoms with van der Waals surface area (Å²) in [5, 5.41) is 0. The SMILES string of the molecule is CCc1ccccc1N1C(=O)[C@@H]2[C@@H](C1=O)[C@H]1C(=O)C[C@@H]2c2ccccc21. The first-order valence-electron chi connectivity index (χ1n) is 9.20. The second kappa shape index (κ2) is 5.37. The molecule has 1 saturated carbocycles. The average Bonchev–Trinajstić information content (AvgIpc) is 2.93. The number of nitrogens with zero attached hydrogens (tertiary/aromatic N) is 1. The van der Waals surface area contributed by atoms with Crippen LogP contribution in [-0.2, 0) is 20.8 Å². The number of Topliss-reactive ketones (excluding diaryl/α,β-unsaturated/α-hetero) is 1. The summed E-state index contributed by atoms with van der Waals surface area (Å²) in [7, 11) is 0. The minimum atomic E-state index is -0.548. The minimum Gasteiger partial charge on any atom is -0.299 e. The third-order valence-electron chi connectivity index (χ3n) is 6.30. The zero-order valence-corrected chi connectivity index (χ0v) is 14.5. The number of fused-ring (bicyclic) bond motifs is 1. The van der Waals surface area contributed by atoms with Crippen LogP contribution in [0.5, 0.6) is 0 Å². The highest BCUT2D eigenvalue weighted by molar-refractivity contribution is 6.25. The molecule has 2 aromatic rings. The number of ketones is 1. The van der Waals surface area contributed by atoms with Gasteiger partial charge in [0, 0.05) is 12.3 Å². The number of para-hydroxylation sites is 1. The quantitative estimate of drug-likeness (QED) is 0.786. The summed E-state index contributed by atoms with van der Waals surface area (Å²) < 4.78 is 0. The molecule has 2 amide bonds. The Morgan fingerprint density at radius 1 is 0.885 bits per heavy atom. The number of imide groups is 1. The third kappa shape index (κ3) is 1.82. The molecule has 130 valence electrons. The van der Waals surface area contributed by atoms with E-state index in [1.807, 2.05) is 55.5 Å². The van der Waals surface area contributed by atoms with E-state index in [0.29, 0.717) is 12.1 Å². The van der Waals surface area contributed by atoms with Crippen LogP contribution in [0.3, 0.4) is 0 Å². The molecule has 4 nitrogen and oxygen atoms in total. The van der Waals surface area contributed by atoms with Crippen LogP contribution in [0.4, 0.5) is 5.69 Å². The third-order valence-corrected chi connectivity index (χ3v) is 6.30. The van der Waals surface area contributed by atoms with Gasteiger partial charge in [-0.3, -0.25) is 14.4 Å². The number of carbonyl (C=O) groups excluding carboxylic acids is 3. The van der Waals surface area contributed by atoms with Gasteiger partial charge in [0.25, 0.3) is 0 Å². The number of amides is 2. The van der Waals surface area contributed by atoms with E-state index >= 15 is 0 Å². The maximum Gasteiger partial charge on any atom is 0.238 e. The van der Waals surface area contributed by atoms with Crippen LogP contribution in [-0.4, -0.2) is 17.6 Å². The molecule has 6 rings (SSSR count). The van der Waals surface area contributed by atoms with Gasteiger partial charge in [0.15, 0.2) is 0 Å². The van der Waals surface area contributed by atoms with E-state index in [1.165, 1.54) is 4.90 Å². The normalized spacial score (nSPS) is 29.1. The molecule has 1 heterocycles. The predicted octanol–water partition coefficient (Wildman–Crippen LogP) is 3.21. The molecular formula is C22H19NO3. The molecule has 4 heteroatoms. The van der Waals surface area contributed by atoms with Crippen LogP contribution >= 0.6 is 0 Å². The highest BCUT2D eigenvalue weighted by Gasteiger charge is 2.62. The van der Waals surface area contributed by atoms with Crippen LogP contribution in [0.1, 0.15) is 41.9 Å². The molecule has 4 aliphatic rings. The van der Waals surface area contributed by atoms with Gasteiger partial charge in [0.2, 0.25) is 11.8 Å². The maximum atomic E-state index is 13.3. The predicted molar refractivity (Wildman–Crippen MR) is 96.8 cm³/mol. The Morgan fingerprint density at radius 2 is 1.54 bits per heavy atom. The first-order chi connectivity index (χ1) is 12.6. The van der Waals surface area contributed by atoms with Crippen molar-refractivity contribution >= 4 is 23.3 Å². The number of carbonyl (C=O) groups is 3. The maximum absolute atomic E-state index is 13.3. The van der Waals surface area contributed by atoms with Gasteiger partial charge in [0.1, 0.15) is 5.78 Å². The zero-order chi connectivity index (χ0) is 18.0. The van der Waals surface area contributed by atoms with Crippen LogP contribution < -0.4 is 4.90 Å². The second-order valence-electron chi connectivity index (χ2n) is 7.43. The molecule has 1 aliphatic heterocycles. The van der Waals surface area contributed by atoms with E-state index < -0.39 is 17.8 Å². The highest BCUT2D eigenvalue weighted by atomic mass is 16.2. The van der Waals surface area contributed by atoms with E-state index in [9.17, 15) is 14.4 Å². The molecule has 3 aliphatic carbocycles. The van der Waals surface area contributed by atoms with Crippen molar-refractivity contribution < 1.29 is 14.4 Å². The summed E-state index contributed by atoms with van der Waals surface area (Å²) in [6.07, 6.45) is 1.11. The lowest BCUT2D eigenvalue weighted by Gasteiger charge is -2.43. The second-order valence-corrected chi connectivity index (χ2v) is 7.43. The highest BCUT2D eigenvalue weighted by Crippen LogP contribution is 2.57. The van der Waals surface area contributed by atoms with Crippen molar-refractivity contribution in [3.63, 3.8) is 0 Å². The molecule has 0 radical (unpaired) electrons. The van der Waals surface area contributed by atoms with Crippen molar-refractivity contribution in [3.05, 3.63) is 65.2 Å². The van der Waals surface area contributed by atoms with E-state index in [2.05, 4.69) is 0 Å². The molecule has 1 saturated heterocycles. The number of rotatable bonds is 2. The number of hydrogen-bond donors (Lipinski definition) is 0. The number of benzene rings is 2. The molecule has 0 unspecified atom stereocenters. The minimum absolute atomic E-state index is 0.0988. The van der Waals surface area contributed by atoms with E-state index in [-0.39, 0.29) is 23.5 Å². The van der Waals surface area contributed by atoms with Gasteiger partial charge in [-0.25, -0.2) is 4.90 Å². The van der Waals surface area contributed by atoms with Crippen LogP contribution in [0.15, 0.2) is 48.5 Å². The van der Waals surface area contributed by atoms with Crippen molar-refractivity contribution in [1.82, 2.24) is 0 Å². The van der Waals surface area contributed by atoms with Crippen molar-refractivity contribution in [1.29, 1.82) is 0 Å². The topological polar surface area (TPSA) is 54.5 Å². The Balaban J connectivity index is 1.67. The Hall–Kier alpha value is -2.75. The summed E-state index contributed by atoms with van der Waals surface area (Å²) in [4.78, 5) is 40.7. The molecule has 2 aromatic carbocycles. The number of hydrogen-bond acceptors (Lipinski definition) is 3. The van der Waals surface area contributed by atoms with Gasteiger partial charge >= 0.3 is 0 Å². The molecule has 0 aromatic heterocycles. The Bertz CT molecular complexity index is 963. The van der Waals surface area contributed by atoms with Gasteiger partial charge in [-0.2, -0.15) is 0 Å². The monoisotopic (exact) mass is 345 g/mol. The van der Waals surface area contributed by atoms with Crippen LogP contribution in [0.25, 0.3) is 0 Å². The lowest BCUT2D eigenvalue weighted by molar-refractivity contribution is -0.134. The number of anilines is 1. The summed E-state index contributed by atoms with van der Waals surface area (Å²) in [6.45, 7) is 2.01. The van der Waals surface area contributed by atoms with E-state index in [4.69, 9.17) is 0 Å². The average molecular weight is 345 g/mol. The van der Waals surface area contributed by atoms with Gasteiger partial charge < -0.3 is 0 Å². The van der Waals surface area contributed by atoms with E-state index in [0.717, 1.165) is 23.1 Å². The standard InChI is InChI=1S/C22H19NO3/c1-2-12-7-3-6-10-16(12)23-21(25)19-15-11-17(24)18(20(19)22(23)26)14-9-5-4-8-13(14)15/h3-10,15,18-20H,2,11H2,1H3/t15-,18-,19+,20+/m1/s1. The smallest absolute Gasteiger partial charge is 0.238 e. The van der Waals surface area contributed by atoms with Crippen molar-refractivity contribution in [2.45, 2.75) is 31.6 Å². The van der Waals surface area contributed by atoms with Crippen LogP contribution in [0, 0.1) is 11.8 Å². The summed E-state index contributed by atoms with van der Waals surface area (Å²) >= 11 is 0. The molecule has 0 spiro atoms.